The Kier molecular flexibility index (Phi) is 15.9. The molecule has 7 N–H and O–H groups in total. The molecule has 3 rings (SSSR count). The van der Waals surface area contributed by atoms with Crippen molar-refractivity contribution < 1.29 is 14.4 Å². The fourth-order valence-electron chi connectivity index (χ4n) is 4.76. The molecule has 1 heterocycles. The van der Waals surface area contributed by atoms with Gasteiger partial charge in [-0.1, -0.05) is 11.8 Å². The number of aromatic nitrogens is 1. The van der Waals surface area contributed by atoms with E-state index in [-0.39, 0.29) is 29.1 Å². The maximum atomic E-state index is 13.2. The molecule has 12 heteroatoms. The van der Waals surface area contributed by atoms with Crippen LogP contribution in [-0.4, -0.2) is 119 Å². The van der Waals surface area contributed by atoms with Crippen molar-refractivity contribution in [2.45, 2.75) is 19.3 Å². The SMILES string of the molecule is CN(C)CCCNC(=O)c1cc(C#Cc2cc(C(=O)NCCCN(C)C)ccc2N)nc(C#Cc2cc(C(=O)NCCCN(C)C)ccc2N)c1. The highest BCUT2D eigenvalue weighted by Crippen LogP contribution is 2.16. The average Bonchev–Trinajstić information content (AvgIpc) is 3.09. The molecule has 0 aliphatic heterocycles. The van der Waals surface area contributed by atoms with Crippen LogP contribution in [0.2, 0.25) is 0 Å². The van der Waals surface area contributed by atoms with Crippen molar-refractivity contribution in [3.8, 4) is 23.7 Å². The van der Waals surface area contributed by atoms with Gasteiger partial charge in [-0.05, 0) is 142 Å². The van der Waals surface area contributed by atoms with Crippen molar-refractivity contribution in [2.24, 2.45) is 0 Å². The third-order valence-corrected chi connectivity index (χ3v) is 7.57. The number of hydrogen-bond donors (Lipinski definition) is 5. The first-order valence-corrected chi connectivity index (χ1v) is 17.0. The van der Waals surface area contributed by atoms with E-state index in [4.69, 9.17) is 11.5 Å². The average molecular weight is 694 g/mol. The first-order chi connectivity index (χ1) is 24.3. The summed E-state index contributed by atoms with van der Waals surface area (Å²) in [5.41, 5.74) is 15.9. The lowest BCUT2D eigenvalue weighted by atomic mass is 10.1. The normalized spacial score (nSPS) is 10.7. The minimum Gasteiger partial charge on any atom is -0.398 e. The summed E-state index contributed by atoms with van der Waals surface area (Å²) >= 11 is 0. The van der Waals surface area contributed by atoms with Crippen LogP contribution in [0.1, 0.15) is 72.9 Å². The van der Waals surface area contributed by atoms with Gasteiger partial charge in [-0.15, -0.1) is 0 Å². The van der Waals surface area contributed by atoms with Gasteiger partial charge in [0, 0.05) is 58.8 Å². The zero-order chi connectivity index (χ0) is 37.3. The second-order valence-corrected chi connectivity index (χ2v) is 13.0. The summed E-state index contributed by atoms with van der Waals surface area (Å²) in [5.74, 6) is 11.3. The van der Waals surface area contributed by atoms with E-state index in [1.165, 1.54) is 0 Å². The number of nitrogen functional groups attached to an aromatic ring is 2. The molecule has 0 saturated carbocycles. The molecule has 0 bridgehead atoms. The molecule has 3 aromatic rings. The van der Waals surface area contributed by atoms with Crippen LogP contribution in [0.15, 0.2) is 48.5 Å². The molecular formula is C39H51N9O3. The number of carbonyl (C=O) groups is 3. The first-order valence-electron chi connectivity index (χ1n) is 17.0. The van der Waals surface area contributed by atoms with E-state index in [1.54, 1.807) is 48.5 Å². The molecule has 0 unspecified atom stereocenters. The summed E-state index contributed by atoms with van der Waals surface area (Å²) in [4.78, 5) is 49.5. The Morgan fingerprint density at radius 1 is 0.549 bits per heavy atom. The molecule has 0 radical (unpaired) electrons. The number of pyridine rings is 1. The summed E-state index contributed by atoms with van der Waals surface area (Å²) < 4.78 is 0. The van der Waals surface area contributed by atoms with E-state index in [1.807, 2.05) is 47.2 Å². The Balaban J connectivity index is 1.91. The van der Waals surface area contributed by atoms with Crippen LogP contribution in [-0.2, 0) is 0 Å². The lowest BCUT2D eigenvalue weighted by molar-refractivity contribution is 0.0944. The monoisotopic (exact) mass is 693 g/mol. The summed E-state index contributed by atoms with van der Waals surface area (Å²) in [7, 11) is 11.9. The van der Waals surface area contributed by atoms with Crippen LogP contribution in [0.25, 0.3) is 0 Å². The van der Waals surface area contributed by atoms with Gasteiger partial charge in [-0.2, -0.15) is 0 Å². The molecule has 1 aromatic heterocycles. The minimum absolute atomic E-state index is 0.217. The van der Waals surface area contributed by atoms with Crippen molar-refractivity contribution in [1.82, 2.24) is 35.6 Å². The predicted molar refractivity (Wildman–Crippen MR) is 204 cm³/mol. The topological polar surface area (TPSA) is 162 Å². The number of nitrogens with one attached hydrogen (secondary N) is 3. The van der Waals surface area contributed by atoms with Crippen molar-refractivity contribution in [3.05, 3.63) is 87.7 Å². The summed E-state index contributed by atoms with van der Waals surface area (Å²) in [6, 6.07) is 13.1. The Morgan fingerprint density at radius 2 is 0.902 bits per heavy atom. The van der Waals surface area contributed by atoms with Gasteiger partial charge in [-0.25, -0.2) is 4.98 Å². The number of nitrogens with two attached hydrogens (primary N) is 2. The fraction of sp³-hybridized carbons (Fsp3) is 0.385. The van der Waals surface area contributed by atoms with Gasteiger partial charge < -0.3 is 42.1 Å². The largest absolute Gasteiger partial charge is 0.398 e. The third kappa shape index (κ3) is 14.2. The zero-order valence-electron chi connectivity index (χ0n) is 30.7. The molecule has 51 heavy (non-hydrogen) atoms. The molecule has 0 saturated heterocycles. The number of rotatable bonds is 15. The van der Waals surface area contributed by atoms with E-state index in [2.05, 4.69) is 54.4 Å². The van der Waals surface area contributed by atoms with Crippen molar-refractivity contribution >= 4 is 29.1 Å². The van der Waals surface area contributed by atoms with Gasteiger partial charge in [0.1, 0.15) is 11.4 Å². The van der Waals surface area contributed by atoms with Crippen LogP contribution in [0.5, 0.6) is 0 Å². The molecule has 12 nitrogen and oxygen atoms in total. The maximum absolute atomic E-state index is 13.2. The number of hydrogen-bond acceptors (Lipinski definition) is 9. The molecule has 0 aliphatic rings. The Bertz CT molecular complexity index is 1680. The van der Waals surface area contributed by atoms with Crippen LogP contribution in [0, 0.1) is 23.7 Å². The fourth-order valence-corrected chi connectivity index (χ4v) is 4.76. The number of benzene rings is 2. The second kappa shape index (κ2) is 20.3. The van der Waals surface area contributed by atoms with Gasteiger partial charge in [0.2, 0.25) is 0 Å². The van der Waals surface area contributed by atoms with E-state index >= 15 is 0 Å². The number of amides is 3. The Morgan fingerprint density at radius 3 is 1.25 bits per heavy atom. The van der Waals surface area contributed by atoms with Gasteiger partial charge >= 0.3 is 0 Å². The van der Waals surface area contributed by atoms with E-state index in [9.17, 15) is 14.4 Å². The molecule has 3 amide bonds. The minimum atomic E-state index is -0.290. The molecule has 0 atom stereocenters. The quantitative estimate of drug-likeness (QED) is 0.0912. The first kappa shape index (κ1) is 40.0. The maximum Gasteiger partial charge on any atom is 0.251 e. The smallest absolute Gasteiger partial charge is 0.251 e. The number of anilines is 2. The molecule has 270 valence electrons. The van der Waals surface area contributed by atoms with Crippen molar-refractivity contribution in [2.75, 3.05) is 93.0 Å². The van der Waals surface area contributed by atoms with E-state index in [0.717, 1.165) is 38.9 Å². The van der Waals surface area contributed by atoms with Gasteiger partial charge in [0.25, 0.3) is 17.7 Å². The lowest BCUT2D eigenvalue weighted by Crippen LogP contribution is -2.27. The highest BCUT2D eigenvalue weighted by atomic mass is 16.2. The standard InChI is InChI=1S/C39H51N9O3/c1-46(2)21-7-18-42-37(49)30-12-16-35(40)28(24-30)10-14-33-26-32(39(51)44-20-9-23-48(5)6)27-34(45-33)15-11-29-25-31(13-17-36(29)41)38(50)43-19-8-22-47(3)4/h12-13,16-17,24-27H,7-9,18-23,40-41H2,1-6H3,(H,42,49)(H,43,50)(H,44,51). The number of nitrogens with zero attached hydrogens (tertiary/aromatic N) is 4. The van der Waals surface area contributed by atoms with Gasteiger partial charge in [0.15, 0.2) is 0 Å². The highest BCUT2D eigenvalue weighted by molar-refractivity contribution is 5.96. The molecule has 0 fully saturated rings. The van der Waals surface area contributed by atoms with Crippen molar-refractivity contribution in [3.63, 3.8) is 0 Å². The van der Waals surface area contributed by atoms with E-state index in [0.29, 0.717) is 58.8 Å². The number of carbonyl (C=O) groups excluding carboxylic acids is 3. The van der Waals surface area contributed by atoms with Crippen LogP contribution in [0.4, 0.5) is 11.4 Å². The van der Waals surface area contributed by atoms with Gasteiger partial charge in [0.05, 0.1) is 0 Å². The van der Waals surface area contributed by atoms with Crippen LogP contribution >= 0.6 is 0 Å². The summed E-state index contributed by atoms with van der Waals surface area (Å²) in [6.07, 6.45) is 2.42. The second-order valence-electron chi connectivity index (χ2n) is 13.0. The van der Waals surface area contributed by atoms with Crippen LogP contribution in [0.3, 0.4) is 0 Å². The molecular weight excluding hydrogens is 642 g/mol. The molecule has 0 aliphatic carbocycles. The molecule has 2 aromatic carbocycles. The third-order valence-electron chi connectivity index (χ3n) is 7.57. The van der Waals surface area contributed by atoms with Crippen molar-refractivity contribution in [1.29, 1.82) is 0 Å². The lowest BCUT2D eigenvalue weighted by Gasteiger charge is -2.10. The van der Waals surface area contributed by atoms with Crippen LogP contribution < -0.4 is 27.4 Å². The zero-order valence-corrected chi connectivity index (χ0v) is 30.7. The highest BCUT2D eigenvalue weighted by Gasteiger charge is 2.11. The van der Waals surface area contributed by atoms with Gasteiger partial charge in [-0.3, -0.25) is 14.4 Å². The summed E-state index contributed by atoms with van der Waals surface area (Å²) in [6.45, 7) is 4.12. The Labute approximate surface area is 302 Å². The molecule has 0 spiro atoms. The summed E-state index contributed by atoms with van der Waals surface area (Å²) in [5, 5.41) is 8.79. The van der Waals surface area contributed by atoms with E-state index < -0.39 is 0 Å². The predicted octanol–water partition coefficient (Wildman–Crippen LogP) is 2.09. The Hall–Kier alpha value is -5.40.